The lowest BCUT2D eigenvalue weighted by atomic mass is 9.97. The lowest BCUT2D eigenvalue weighted by Gasteiger charge is -2.20. The van der Waals surface area contributed by atoms with Crippen molar-refractivity contribution in [2.75, 3.05) is 13.7 Å². The molecule has 0 fully saturated rings. The minimum Gasteiger partial charge on any atom is -0.384 e. The van der Waals surface area contributed by atoms with E-state index in [9.17, 15) is 0 Å². The molecule has 3 nitrogen and oxygen atoms in total. The minimum absolute atomic E-state index is 0.115. The maximum absolute atomic E-state index is 5.95. The second-order valence-electron chi connectivity index (χ2n) is 4.07. The van der Waals surface area contributed by atoms with Crippen LogP contribution in [0.25, 0.3) is 0 Å². The van der Waals surface area contributed by atoms with Gasteiger partial charge in [-0.05, 0) is 30.0 Å². The topological polar surface area (TPSA) is 47.3 Å². The number of rotatable bonds is 6. The molecule has 0 saturated carbocycles. The molecule has 1 aromatic carbocycles. The predicted molar refractivity (Wildman–Crippen MR) is 67.2 cm³/mol. The highest BCUT2D eigenvalue weighted by molar-refractivity contribution is 6.30. The number of hydrogen-bond acceptors (Lipinski definition) is 3. The molecule has 0 aromatic heterocycles. The standard InChI is InChI=1S/C12H19ClN2O/c1-9(8-16-2)6-12(15-14)10-4-3-5-11(13)7-10/h3-5,7,9,12,15H,6,8,14H2,1-2H3. The van der Waals surface area contributed by atoms with Crippen LogP contribution in [0.1, 0.15) is 24.9 Å². The number of nitrogens with two attached hydrogens (primary N) is 1. The van der Waals surface area contributed by atoms with Crippen LogP contribution in [0, 0.1) is 5.92 Å². The Morgan fingerprint density at radius 1 is 1.50 bits per heavy atom. The van der Waals surface area contributed by atoms with Crippen LogP contribution in [0.5, 0.6) is 0 Å². The molecule has 0 aliphatic heterocycles. The molecular weight excluding hydrogens is 224 g/mol. The highest BCUT2D eigenvalue weighted by Gasteiger charge is 2.14. The maximum atomic E-state index is 5.95. The zero-order valence-electron chi connectivity index (χ0n) is 9.74. The molecule has 0 amide bonds. The van der Waals surface area contributed by atoms with Gasteiger partial charge in [-0.15, -0.1) is 0 Å². The monoisotopic (exact) mass is 242 g/mol. The number of methoxy groups -OCH3 is 1. The summed E-state index contributed by atoms with van der Waals surface area (Å²) in [5.74, 6) is 6.01. The molecule has 0 heterocycles. The number of hydrazine groups is 1. The third kappa shape index (κ3) is 4.10. The molecule has 0 spiro atoms. The van der Waals surface area contributed by atoms with E-state index in [1.807, 2.05) is 24.3 Å². The van der Waals surface area contributed by atoms with E-state index < -0.39 is 0 Å². The summed E-state index contributed by atoms with van der Waals surface area (Å²) in [6.45, 7) is 2.87. The highest BCUT2D eigenvalue weighted by atomic mass is 35.5. The summed E-state index contributed by atoms with van der Waals surface area (Å²) >= 11 is 5.95. The van der Waals surface area contributed by atoms with Crippen LogP contribution >= 0.6 is 11.6 Å². The van der Waals surface area contributed by atoms with Crippen molar-refractivity contribution in [1.82, 2.24) is 5.43 Å². The number of halogens is 1. The molecule has 0 radical (unpaired) electrons. The summed E-state index contributed by atoms with van der Waals surface area (Å²) in [4.78, 5) is 0. The molecule has 4 heteroatoms. The van der Waals surface area contributed by atoms with E-state index in [-0.39, 0.29) is 6.04 Å². The first-order valence-corrected chi connectivity index (χ1v) is 5.75. The molecule has 0 aliphatic carbocycles. The normalized spacial score (nSPS) is 14.8. The Balaban J connectivity index is 2.67. The second kappa shape index (κ2) is 6.86. The summed E-state index contributed by atoms with van der Waals surface area (Å²) in [5.41, 5.74) is 3.93. The number of hydrogen-bond donors (Lipinski definition) is 2. The fraction of sp³-hybridized carbons (Fsp3) is 0.500. The van der Waals surface area contributed by atoms with Gasteiger partial charge in [-0.1, -0.05) is 30.7 Å². The molecule has 90 valence electrons. The van der Waals surface area contributed by atoms with Crippen LogP contribution in [0.15, 0.2) is 24.3 Å². The SMILES string of the molecule is COCC(C)CC(NN)c1cccc(Cl)c1. The van der Waals surface area contributed by atoms with Crippen LogP contribution < -0.4 is 11.3 Å². The van der Waals surface area contributed by atoms with Crippen LogP contribution in [0.4, 0.5) is 0 Å². The van der Waals surface area contributed by atoms with Gasteiger partial charge in [0.2, 0.25) is 0 Å². The van der Waals surface area contributed by atoms with E-state index in [2.05, 4.69) is 12.3 Å². The molecule has 2 atom stereocenters. The van der Waals surface area contributed by atoms with Crippen LogP contribution in [0.3, 0.4) is 0 Å². The van der Waals surface area contributed by atoms with Crippen molar-refractivity contribution in [3.05, 3.63) is 34.9 Å². The van der Waals surface area contributed by atoms with Crippen molar-refractivity contribution >= 4 is 11.6 Å². The van der Waals surface area contributed by atoms with Gasteiger partial charge >= 0.3 is 0 Å². The second-order valence-corrected chi connectivity index (χ2v) is 4.51. The van der Waals surface area contributed by atoms with Crippen LogP contribution in [0.2, 0.25) is 5.02 Å². The maximum Gasteiger partial charge on any atom is 0.0488 e. The molecule has 0 bridgehead atoms. The lowest BCUT2D eigenvalue weighted by Crippen LogP contribution is -2.30. The van der Waals surface area contributed by atoms with Crippen LogP contribution in [-0.2, 0) is 4.74 Å². The Kier molecular flexibility index (Phi) is 5.77. The molecule has 16 heavy (non-hydrogen) atoms. The molecule has 1 rings (SSSR count). The number of ether oxygens (including phenoxy) is 1. The van der Waals surface area contributed by atoms with Gasteiger partial charge in [-0.2, -0.15) is 0 Å². The van der Waals surface area contributed by atoms with Crippen molar-refractivity contribution in [3.63, 3.8) is 0 Å². The molecule has 0 aliphatic rings. The Morgan fingerprint density at radius 2 is 2.25 bits per heavy atom. The van der Waals surface area contributed by atoms with E-state index >= 15 is 0 Å². The van der Waals surface area contributed by atoms with Gasteiger partial charge in [0.15, 0.2) is 0 Å². The summed E-state index contributed by atoms with van der Waals surface area (Å²) in [6, 6.07) is 7.87. The van der Waals surface area contributed by atoms with Crippen molar-refractivity contribution in [3.8, 4) is 0 Å². The summed E-state index contributed by atoms with van der Waals surface area (Å²) in [6.07, 6.45) is 0.921. The molecule has 2 unspecified atom stereocenters. The molecular formula is C12H19ClN2O. The third-order valence-electron chi connectivity index (χ3n) is 2.54. The van der Waals surface area contributed by atoms with E-state index in [1.54, 1.807) is 7.11 Å². The lowest BCUT2D eigenvalue weighted by molar-refractivity contribution is 0.149. The van der Waals surface area contributed by atoms with E-state index in [0.29, 0.717) is 5.92 Å². The largest absolute Gasteiger partial charge is 0.384 e. The summed E-state index contributed by atoms with van der Waals surface area (Å²) in [5, 5.41) is 0.733. The fourth-order valence-electron chi connectivity index (χ4n) is 1.78. The Labute approximate surface area is 102 Å². The van der Waals surface area contributed by atoms with Gasteiger partial charge in [0.25, 0.3) is 0 Å². The highest BCUT2D eigenvalue weighted by Crippen LogP contribution is 2.23. The molecule has 0 saturated heterocycles. The average molecular weight is 243 g/mol. The Hall–Kier alpha value is -0.610. The van der Waals surface area contributed by atoms with Gasteiger partial charge in [0.05, 0.1) is 0 Å². The van der Waals surface area contributed by atoms with E-state index in [1.165, 1.54) is 0 Å². The van der Waals surface area contributed by atoms with Gasteiger partial charge in [-0.3, -0.25) is 11.3 Å². The van der Waals surface area contributed by atoms with Crippen LogP contribution in [-0.4, -0.2) is 13.7 Å². The van der Waals surface area contributed by atoms with Gasteiger partial charge in [-0.25, -0.2) is 0 Å². The predicted octanol–water partition coefficient (Wildman–Crippen LogP) is 2.52. The first-order valence-electron chi connectivity index (χ1n) is 5.38. The van der Waals surface area contributed by atoms with Gasteiger partial charge < -0.3 is 4.74 Å². The number of benzene rings is 1. The average Bonchev–Trinajstić information content (AvgIpc) is 2.26. The fourth-order valence-corrected chi connectivity index (χ4v) is 1.98. The summed E-state index contributed by atoms with van der Waals surface area (Å²) in [7, 11) is 1.71. The van der Waals surface area contributed by atoms with Crippen molar-refractivity contribution in [1.29, 1.82) is 0 Å². The third-order valence-corrected chi connectivity index (χ3v) is 2.78. The molecule has 3 N–H and O–H groups in total. The first-order chi connectivity index (χ1) is 7.67. The Morgan fingerprint density at radius 3 is 2.81 bits per heavy atom. The van der Waals surface area contributed by atoms with Crippen molar-refractivity contribution in [2.24, 2.45) is 11.8 Å². The smallest absolute Gasteiger partial charge is 0.0488 e. The first kappa shape index (κ1) is 13.5. The quantitative estimate of drug-likeness (QED) is 0.595. The van der Waals surface area contributed by atoms with Crippen molar-refractivity contribution < 1.29 is 4.74 Å². The van der Waals surface area contributed by atoms with Crippen molar-refractivity contribution in [2.45, 2.75) is 19.4 Å². The minimum atomic E-state index is 0.115. The number of nitrogens with one attached hydrogen (secondary N) is 1. The zero-order chi connectivity index (χ0) is 12.0. The zero-order valence-corrected chi connectivity index (χ0v) is 10.5. The van der Waals surface area contributed by atoms with E-state index in [0.717, 1.165) is 23.6 Å². The Bertz CT molecular complexity index is 320. The summed E-state index contributed by atoms with van der Waals surface area (Å²) < 4.78 is 5.11. The van der Waals surface area contributed by atoms with Gasteiger partial charge in [0.1, 0.15) is 0 Å². The van der Waals surface area contributed by atoms with Gasteiger partial charge in [0, 0.05) is 24.8 Å². The van der Waals surface area contributed by atoms with E-state index in [4.69, 9.17) is 22.2 Å². The molecule has 1 aromatic rings.